The molecule has 0 nitrogen and oxygen atoms in total. The van der Waals surface area contributed by atoms with Gasteiger partial charge in [0.15, 0.2) is 0 Å². The van der Waals surface area contributed by atoms with Crippen LogP contribution in [0.2, 0.25) is 10.0 Å². The molecule has 0 fully saturated rings. The van der Waals surface area contributed by atoms with Gasteiger partial charge in [-0.15, -0.1) is 11.3 Å². The van der Waals surface area contributed by atoms with Crippen molar-refractivity contribution in [2.75, 3.05) is 0 Å². The Labute approximate surface area is 144 Å². The lowest BCUT2D eigenvalue weighted by Crippen LogP contribution is -1.85. The molecule has 4 heteroatoms. The summed E-state index contributed by atoms with van der Waals surface area (Å²) in [5, 5.41) is 1.26. The van der Waals surface area contributed by atoms with E-state index in [0.717, 1.165) is 0 Å². The van der Waals surface area contributed by atoms with Crippen LogP contribution in [0.1, 0.15) is 50.0 Å². The summed E-state index contributed by atoms with van der Waals surface area (Å²) in [4.78, 5) is 1.45. The van der Waals surface area contributed by atoms with Crippen molar-refractivity contribution < 1.29 is 0 Å². The molecule has 0 bridgehead atoms. The smallest absolute Gasteiger partial charge is 0.0701 e. The van der Waals surface area contributed by atoms with E-state index in [0.29, 0.717) is 21.9 Å². The normalized spacial score (nSPS) is 10.7. The lowest BCUT2D eigenvalue weighted by molar-refractivity contribution is 0.867. The van der Waals surface area contributed by atoms with Gasteiger partial charge in [-0.3, -0.25) is 0 Å². The minimum Gasteiger partial charge on any atom is -0.133 e. The molecular weight excluding hydrogens is 375 g/mol. The number of halogens is 3. The van der Waals surface area contributed by atoms with Crippen molar-refractivity contribution in [2.45, 2.75) is 39.5 Å². The van der Waals surface area contributed by atoms with Crippen molar-refractivity contribution in [1.82, 2.24) is 0 Å². The van der Waals surface area contributed by atoms with Gasteiger partial charge in [-0.2, -0.15) is 0 Å². The Kier molecular flexibility index (Phi) is 7.60. The molecule has 0 unspecified atom stereocenters. The van der Waals surface area contributed by atoms with Crippen LogP contribution in [-0.4, -0.2) is 0 Å². The molecule has 0 N–H and O–H groups in total. The molecule has 1 heterocycles. The Morgan fingerprint density at radius 3 is 1.90 bits per heavy atom. The Hall–Kier alpha value is -0.0200. The minimum atomic E-state index is 0.504. The van der Waals surface area contributed by atoms with E-state index >= 15 is 0 Å². The maximum absolute atomic E-state index is 5.83. The Morgan fingerprint density at radius 1 is 0.900 bits per heavy atom. The molecule has 110 valence electrons. The highest BCUT2D eigenvalue weighted by atomic mass is 79.9. The number of rotatable bonds is 2. The summed E-state index contributed by atoms with van der Waals surface area (Å²) in [7, 11) is 0. The van der Waals surface area contributed by atoms with E-state index in [4.69, 9.17) is 23.2 Å². The van der Waals surface area contributed by atoms with E-state index in [2.05, 4.69) is 55.8 Å². The van der Waals surface area contributed by atoms with Gasteiger partial charge in [0, 0.05) is 4.88 Å². The van der Waals surface area contributed by atoms with Gasteiger partial charge in [0.25, 0.3) is 0 Å². The third kappa shape index (κ3) is 5.77. The van der Waals surface area contributed by atoms with Gasteiger partial charge in [-0.1, -0.05) is 57.0 Å². The average Bonchev–Trinajstić information content (AvgIpc) is 2.80. The average molecular weight is 394 g/mol. The van der Waals surface area contributed by atoms with Crippen LogP contribution in [0.15, 0.2) is 34.1 Å². The fourth-order valence-electron chi connectivity index (χ4n) is 1.51. The minimum absolute atomic E-state index is 0.504. The van der Waals surface area contributed by atoms with Gasteiger partial charge in [-0.25, -0.2) is 0 Å². The third-order valence-corrected chi connectivity index (χ3v) is 5.44. The predicted molar refractivity (Wildman–Crippen MR) is 96.7 cm³/mol. The summed E-state index contributed by atoms with van der Waals surface area (Å²) in [5.41, 5.74) is 1.22. The molecule has 2 aromatic rings. The van der Waals surface area contributed by atoms with Crippen LogP contribution in [0, 0.1) is 0 Å². The first kappa shape index (κ1) is 18.0. The SMILES string of the molecule is CC(C)c1ccc(Br)s1.CC(C)c1ccc(Cl)c(Cl)c1. The van der Waals surface area contributed by atoms with Gasteiger partial charge >= 0.3 is 0 Å². The second-order valence-electron chi connectivity index (χ2n) is 5.12. The highest BCUT2D eigenvalue weighted by molar-refractivity contribution is 9.11. The van der Waals surface area contributed by atoms with Gasteiger partial charge in [-0.05, 0) is 57.6 Å². The first-order valence-electron chi connectivity index (χ1n) is 6.51. The molecule has 0 aliphatic carbocycles. The molecule has 1 aromatic carbocycles. The van der Waals surface area contributed by atoms with Crippen molar-refractivity contribution in [3.05, 3.63) is 54.6 Å². The molecular formula is C16H19BrCl2S. The molecule has 0 saturated carbocycles. The van der Waals surface area contributed by atoms with Crippen LogP contribution >= 0.6 is 50.5 Å². The third-order valence-electron chi connectivity index (χ3n) is 2.77. The highest BCUT2D eigenvalue weighted by Gasteiger charge is 2.02. The maximum atomic E-state index is 5.83. The standard InChI is InChI=1S/C9H10Cl2.C7H9BrS/c1-6(2)7-3-4-8(10)9(11)5-7;1-5(2)6-3-4-7(8)9-6/h3-6H,1-2H3;3-5H,1-2H3. The van der Waals surface area contributed by atoms with E-state index in [-0.39, 0.29) is 0 Å². The second kappa shape index (κ2) is 8.43. The number of hydrogen-bond acceptors (Lipinski definition) is 1. The number of thiophene rings is 1. The first-order valence-corrected chi connectivity index (χ1v) is 8.88. The van der Waals surface area contributed by atoms with E-state index in [1.54, 1.807) is 0 Å². The lowest BCUT2D eigenvalue weighted by atomic mass is 10.0. The maximum Gasteiger partial charge on any atom is 0.0701 e. The fourth-order valence-corrected chi connectivity index (χ4v) is 3.24. The van der Waals surface area contributed by atoms with Gasteiger partial charge in [0.1, 0.15) is 0 Å². The molecule has 0 aliphatic heterocycles. The van der Waals surface area contributed by atoms with Crippen LogP contribution in [-0.2, 0) is 0 Å². The molecule has 0 spiro atoms. The lowest BCUT2D eigenvalue weighted by Gasteiger charge is -2.05. The predicted octanol–water partition coefficient (Wildman–Crippen LogP) is 7.75. The first-order chi connectivity index (χ1) is 9.31. The Balaban J connectivity index is 0.000000204. The van der Waals surface area contributed by atoms with E-state index < -0.39 is 0 Å². The molecule has 0 saturated heterocycles. The summed E-state index contributed by atoms with van der Waals surface area (Å²) in [6, 6.07) is 10.0. The Morgan fingerprint density at radius 2 is 1.55 bits per heavy atom. The van der Waals surface area contributed by atoms with Gasteiger partial charge in [0.05, 0.1) is 13.8 Å². The molecule has 2 rings (SSSR count). The zero-order valence-electron chi connectivity index (χ0n) is 12.1. The topological polar surface area (TPSA) is 0 Å². The molecule has 0 atom stereocenters. The van der Waals surface area contributed by atoms with Crippen molar-refractivity contribution >= 4 is 50.5 Å². The van der Waals surface area contributed by atoms with Gasteiger partial charge < -0.3 is 0 Å². The summed E-state index contributed by atoms with van der Waals surface area (Å²) >= 11 is 16.8. The van der Waals surface area contributed by atoms with Crippen molar-refractivity contribution in [3.8, 4) is 0 Å². The molecule has 0 amide bonds. The van der Waals surface area contributed by atoms with Crippen molar-refractivity contribution in [3.63, 3.8) is 0 Å². The summed E-state index contributed by atoms with van der Waals surface area (Å²) < 4.78 is 1.23. The van der Waals surface area contributed by atoms with E-state index in [1.807, 2.05) is 29.5 Å². The summed E-state index contributed by atoms with van der Waals surface area (Å²) in [5.74, 6) is 1.17. The molecule has 20 heavy (non-hydrogen) atoms. The zero-order chi connectivity index (χ0) is 15.3. The zero-order valence-corrected chi connectivity index (χ0v) is 16.0. The van der Waals surface area contributed by atoms with Crippen LogP contribution in [0.5, 0.6) is 0 Å². The van der Waals surface area contributed by atoms with Crippen molar-refractivity contribution in [2.24, 2.45) is 0 Å². The van der Waals surface area contributed by atoms with Crippen molar-refractivity contribution in [1.29, 1.82) is 0 Å². The monoisotopic (exact) mass is 392 g/mol. The van der Waals surface area contributed by atoms with Crippen LogP contribution < -0.4 is 0 Å². The fraction of sp³-hybridized carbons (Fsp3) is 0.375. The molecule has 1 aromatic heterocycles. The van der Waals surface area contributed by atoms with Crippen LogP contribution in [0.4, 0.5) is 0 Å². The van der Waals surface area contributed by atoms with E-state index in [9.17, 15) is 0 Å². The van der Waals surface area contributed by atoms with Gasteiger partial charge in [0.2, 0.25) is 0 Å². The summed E-state index contributed by atoms with van der Waals surface area (Å²) in [6.45, 7) is 8.66. The largest absolute Gasteiger partial charge is 0.133 e. The highest BCUT2D eigenvalue weighted by Crippen LogP contribution is 2.27. The molecule has 0 aliphatic rings. The summed E-state index contributed by atoms with van der Waals surface area (Å²) in [6.07, 6.45) is 0. The van der Waals surface area contributed by atoms with Crippen LogP contribution in [0.25, 0.3) is 0 Å². The number of hydrogen-bond donors (Lipinski definition) is 0. The van der Waals surface area contributed by atoms with E-state index in [1.165, 1.54) is 14.2 Å². The Bertz CT molecular complexity index is 547. The number of benzene rings is 1. The quantitative estimate of drug-likeness (QED) is 0.489. The van der Waals surface area contributed by atoms with Crippen LogP contribution in [0.3, 0.4) is 0 Å². The second-order valence-corrected chi connectivity index (χ2v) is 8.43. The molecule has 0 radical (unpaired) electrons.